The van der Waals surface area contributed by atoms with Crippen LogP contribution in [0, 0.1) is 11.7 Å². The third-order valence-electron chi connectivity index (χ3n) is 6.10. The van der Waals surface area contributed by atoms with Crippen LogP contribution in [0.15, 0.2) is 54.7 Å². The lowest BCUT2D eigenvalue weighted by atomic mass is 10.0. The number of morpholine rings is 1. The van der Waals surface area contributed by atoms with E-state index in [4.69, 9.17) is 14.6 Å². The lowest BCUT2D eigenvalue weighted by Gasteiger charge is -2.27. The number of rotatable bonds is 6. The van der Waals surface area contributed by atoms with Gasteiger partial charge in [-0.1, -0.05) is 18.2 Å². The van der Waals surface area contributed by atoms with Crippen molar-refractivity contribution in [2.45, 2.75) is 19.3 Å². The van der Waals surface area contributed by atoms with Crippen LogP contribution < -0.4 is 4.74 Å². The van der Waals surface area contributed by atoms with Crippen molar-refractivity contribution in [2.24, 2.45) is 5.92 Å². The average Bonchev–Trinajstić information content (AvgIpc) is 3.51. The number of amides is 1. The first-order valence-corrected chi connectivity index (χ1v) is 11.1. The van der Waals surface area contributed by atoms with E-state index in [-0.39, 0.29) is 23.5 Å². The van der Waals surface area contributed by atoms with Crippen LogP contribution in [0.4, 0.5) is 4.39 Å². The summed E-state index contributed by atoms with van der Waals surface area (Å²) in [5.74, 6) is 0.00299. The van der Waals surface area contributed by atoms with Crippen molar-refractivity contribution in [1.82, 2.24) is 14.7 Å². The fourth-order valence-corrected chi connectivity index (χ4v) is 4.35. The minimum atomic E-state index is -0.415. The zero-order chi connectivity index (χ0) is 22.1. The van der Waals surface area contributed by atoms with Crippen LogP contribution >= 0.6 is 0 Å². The highest BCUT2D eigenvalue weighted by molar-refractivity contribution is 5.84. The number of halogens is 1. The van der Waals surface area contributed by atoms with Gasteiger partial charge in [0, 0.05) is 42.2 Å². The van der Waals surface area contributed by atoms with E-state index in [1.54, 1.807) is 6.07 Å². The Morgan fingerprint density at radius 2 is 1.97 bits per heavy atom. The second kappa shape index (κ2) is 8.74. The third-order valence-corrected chi connectivity index (χ3v) is 6.10. The molecule has 3 aromatic rings. The lowest BCUT2D eigenvalue weighted by molar-refractivity contribution is -0.136. The number of benzene rings is 2. The van der Waals surface area contributed by atoms with Gasteiger partial charge in [0.15, 0.2) is 11.6 Å². The molecular formula is C25H26FN3O3. The summed E-state index contributed by atoms with van der Waals surface area (Å²) in [6.07, 6.45) is 2.76. The van der Waals surface area contributed by atoms with Gasteiger partial charge in [0.1, 0.15) is 0 Å². The van der Waals surface area contributed by atoms with Crippen LogP contribution in [0.3, 0.4) is 0 Å². The fraction of sp³-hybridized carbons (Fsp3) is 0.360. The Balaban J connectivity index is 1.48. The van der Waals surface area contributed by atoms with Crippen molar-refractivity contribution < 1.29 is 18.7 Å². The molecule has 32 heavy (non-hydrogen) atoms. The molecule has 6 nitrogen and oxygen atoms in total. The van der Waals surface area contributed by atoms with Gasteiger partial charge in [-0.25, -0.2) is 9.07 Å². The Morgan fingerprint density at radius 1 is 1.19 bits per heavy atom. The zero-order valence-electron chi connectivity index (χ0n) is 18.0. The molecular weight excluding hydrogens is 409 g/mol. The van der Waals surface area contributed by atoms with E-state index in [1.807, 2.05) is 59.1 Å². The van der Waals surface area contributed by atoms with E-state index < -0.39 is 5.82 Å². The van der Waals surface area contributed by atoms with Crippen LogP contribution in [-0.4, -0.2) is 53.5 Å². The SMILES string of the molecule is CCOc1ccc(-c2nn(-c3ccccc3)cc2C2CC2C(=O)N2CCOCC2)cc1F. The van der Waals surface area contributed by atoms with Gasteiger partial charge in [-0.3, -0.25) is 4.79 Å². The van der Waals surface area contributed by atoms with E-state index in [1.165, 1.54) is 6.07 Å². The van der Waals surface area contributed by atoms with E-state index in [0.717, 1.165) is 17.7 Å². The second-order valence-corrected chi connectivity index (χ2v) is 8.18. The predicted octanol–water partition coefficient (Wildman–Crippen LogP) is 4.04. The Morgan fingerprint density at radius 3 is 2.69 bits per heavy atom. The van der Waals surface area contributed by atoms with Gasteiger partial charge >= 0.3 is 0 Å². The van der Waals surface area contributed by atoms with Gasteiger partial charge < -0.3 is 14.4 Å². The Kier molecular flexibility index (Phi) is 5.66. The molecule has 2 heterocycles. The molecule has 1 amide bonds. The molecule has 0 spiro atoms. The first kappa shape index (κ1) is 20.7. The molecule has 0 bridgehead atoms. The van der Waals surface area contributed by atoms with Crippen molar-refractivity contribution in [2.75, 3.05) is 32.9 Å². The maximum absolute atomic E-state index is 14.6. The lowest BCUT2D eigenvalue weighted by Crippen LogP contribution is -2.41. The molecule has 2 fully saturated rings. The number of carbonyl (C=O) groups excluding carboxylic acids is 1. The van der Waals surface area contributed by atoms with E-state index in [2.05, 4.69) is 0 Å². The molecule has 0 N–H and O–H groups in total. The number of aromatic nitrogens is 2. The molecule has 2 aliphatic rings. The van der Waals surface area contributed by atoms with Crippen molar-refractivity contribution in [1.29, 1.82) is 0 Å². The van der Waals surface area contributed by atoms with Crippen LogP contribution in [0.5, 0.6) is 5.75 Å². The maximum Gasteiger partial charge on any atom is 0.226 e. The maximum atomic E-state index is 14.6. The molecule has 0 radical (unpaired) electrons. The average molecular weight is 435 g/mol. The molecule has 1 saturated carbocycles. The molecule has 2 atom stereocenters. The molecule has 1 saturated heterocycles. The van der Waals surface area contributed by atoms with E-state index in [0.29, 0.717) is 44.2 Å². The highest BCUT2D eigenvalue weighted by atomic mass is 19.1. The van der Waals surface area contributed by atoms with E-state index in [9.17, 15) is 9.18 Å². The molecule has 1 aliphatic carbocycles. The van der Waals surface area contributed by atoms with Crippen LogP contribution in [0.1, 0.15) is 24.8 Å². The van der Waals surface area contributed by atoms with Gasteiger partial charge in [-0.05, 0) is 43.7 Å². The first-order chi connectivity index (χ1) is 15.7. The van der Waals surface area contributed by atoms with Crippen molar-refractivity contribution in [3.63, 3.8) is 0 Å². The molecule has 7 heteroatoms. The Labute approximate surface area is 186 Å². The van der Waals surface area contributed by atoms with Crippen LogP contribution in [-0.2, 0) is 9.53 Å². The fourth-order valence-electron chi connectivity index (χ4n) is 4.35. The Hall–Kier alpha value is -3.19. The molecule has 2 unspecified atom stereocenters. The van der Waals surface area contributed by atoms with Crippen molar-refractivity contribution >= 4 is 5.91 Å². The van der Waals surface area contributed by atoms with Gasteiger partial charge in [-0.2, -0.15) is 5.10 Å². The molecule has 2 aromatic carbocycles. The summed E-state index contributed by atoms with van der Waals surface area (Å²) in [6.45, 7) is 4.69. The predicted molar refractivity (Wildman–Crippen MR) is 118 cm³/mol. The highest BCUT2D eigenvalue weighted by Gasteiger charge is 2.47. The van der Waals surface area contributed by atoms with Crippen molar-refractivity contribution in [3.8, 4) is 22.7 Å². The third kappa shape index (κ3) is 4.00. The van der Waals surface area contributed by atoms with Gasteiger partial charge in [-0.15, -0.1) is 0 Å². The minimum absolute atomic E-state index is 0.0622. The normalized spacial score (nSPS) is 20.2. The minimum Gasteiger partial charge on any atom is -0.491 e. The van der Waals surface area contributed by atoms with Gasteiger partial charge in [0.05, 0.1) is 31.2 Å². The summed E-state index contributed by atoms with van der Waals surface area (Å²) >= 11 is 0. The van der Waals surface area contributed by atoms with Gasteiger partial charge in [0.25, 0.3) is 0 Å². The smallest absolute Gasteiger partial charge is 0.226 e. The summed E-state index contributed by atoms with van der Waals surface area (Å²) in [4.78, 5) is 14.9. The van der Waals surface area contributed by atoms with Crippen LogP contribution in [0.2, 0.25) is 0 Å². The number of para-hydroxylation sites is 1. The molecule has 5 rings (SSSR count). The second-order valence-electron chi connectivity index (χ2n) is 8.18. The molecule has 1 aliphatic heterocycles. The summed E-state index contributed by atoms with van der Waals surface area (Å²) in [5, 5.41) is 4.80. The highest BCUT2D eigenvalue weighted by Crippen LogP contribution is 2.51. The van der Waals surface area contributed by atoms with Crippen molar-refractivity contribution in [3.05, 3.63) is 66.1 Å². The number of hydrogen-bond donors (Lipinski definition) is 0. The number of carbonyl (C=O) groups is 1. The standard InChI is InChI=1S/C25H26FN3O3/c1-2-32-23-9-8-17(14-22(23)26)24-21(16-29(27-24)18-6-4-3-5-7-18)19-15-20(19)25(30)28-10-12-31-13-11-28/h3-9,14,16,19-20H,2,10-13,15H2,1H3. The number of hydrogen-bond acceptors (Lipinski definition) is 4. The molecule has 166 valence electrons. The van der Waals surface area contributed by atoms with Crippen LogP contribution in [0.25, 0.3) is 16.9 Å². The van der Waals surface area contributed by atoms with E-state index >= 15 is 0 Å². The first-order valence-electron chi connectivity index (χ1n) is 11.1. The Bertz CT molecular complexity index is 1110. The molecule has 1 aromatic heterocycles. The summed E-state index contributed by atoms with van der Waals surface area (Å²) in [5.41, 5.74) is 3.28. The summed E-state index contributed by atoms with van der Waals surface area (Å²) in [7, 11) is 0. The summed E-state index contributed by atoms with van der Waals surface area (Å²) < 4.78 is 27.2. The topological polar surface area (TPSA) is 56.6 Å². The number of nitrogens with zero attached hydrogens (tertiary/aromatic N) is 3. The quantitative estimate of drug-likeness (QED) is 0.587. The summed E-state index contributed by atoms with van der Waals surface area (Å²) in [6, 6.07) is 14.7. The zero-order valence-corrected chi connectivity index (χ0v) is 18.0. The number of ether oxygens (including phenoxy) is 2. The largest absolute Gasteiger partial charge is 0.491 e. The van der Waals surface area contributed by atoms with Gasteiger partial charge in [0.2, 0.25) is 5.91 Å². The monoisotopic (exact) mass is 435 g/mol.